The third kappa shape index (κ3) is 5.68. The van der Waals surface area contributed by atoms with E-state index in [2.05, 4.69) is 40.4 Å². The summed E-state index contributed by atoms with van der Waals surface area (Å²) in [7, 11) is 0. The number of carbonyl (C=O) groups excluding carboxylic acids is 1. The van der Waals surface area contributed by atoms with E-state index in [1.54, 1.807) is 55.8 Å². The predicted molar refractivity (Wildman–Crippen MR) is 147 cm³/mol. The summed E-state index contributed by atoms with van der Waals surface area (Å²) in [6, 6.07) is 23.9. The first kappa shape index (κ1) is 25.6. The molecule has 2 aromatic heterocycles. The minimum atomic E-state index is -0.498. The van der Waals surface area contributed by atoms with Gasteiger partial charge in [-0.3, -0.25) is 4.79 Å². The van der Waals surface area contributed by atoms with Gasteiger partial charge in [-0.25, -0.2) is 4.98 Å². The van der Waals surface area contributed by atoms with Gasteiger partial charge in [-0.1, -0.05) is 41.9 Å². The fraction of sp³-hybridized carbons (Fsp3) is 0.0714. The van der Waals surface area contributed by atoms with E-state index in [1.807, 2.05) is 30.3 Å². The molecule has 182 valence electrons. The second kappa shape index (κ2) is 11.5. The van der Waals surface area contributed by atoms with Crippen LogP contribution in [0.5, 0.6) is 0 Å². The van der Waals surface area contributed by atoms with Gasteiger partial charge in [-0.05, 0) is 48.9 Å². The van der Waals surface area contributed by atoms with Crippen LogP contribution in [0.15, 0.2) is 100 Å². The van der Waals surface area contributed by atoms with Crippen LogP contribution < -0.4 is 10.6 Å². The van der Waals surface area contributed by atoms with Crippen LogP contribution in [0.3, 0.4) is 0 Å². The average Bonchev–Trinajstić information content (AvgIpc) is 3.40. The summed E-state index contributed by atoms with van der Waals surface area (Å²) in [6.07, 6.45) is 3.18. The molecule has 2 N–H and O–H groups in total. The Hall–Kier alpha value is -4.50. The van der Waals surface area contributed by atoms with Crippen LogP contribution in [-0.2, 0) is 0 Å². The summed E-state index contributed by atoms with van der Waals surface area (Å²) in [5, 5.41) is 25.2. The minimum absolute atomic E-state index is 0.184. The Bertz CT molecular complexity index is 1600. The molecule has 4 aromatic rings. The Morgan fingerprint density at radius 3 is 2.43 bits per heavy atom. The summed E-state index contributed by atoms with van der Waals surface area (Å²) >= 11 is 10.2. The minimum Gasteiger partial charge on any atom is -0.464 e. The summed E-state index contributed by atoms with van der Waals surface area (Å²) in [4.78, 5) is 16.2. The number of rotatable bonds is 3. The number of fused-ring (bicyclic) bond motifs is 1. The molecule has 0 radical (unpaired) electrons. The van der Waals surface area contributed by atoms with E-state index in [-0.39, 0.29) is 5.91 Å². The van der Waals surface area contributed by atoms with Crippen LogP contribution in [0, 0.1) is 22.7 Å². The Kier molecular flexibility index (Phi) is 7.95. The Labute approximate surface area is 224 Å². The number of hydrogen-bond acceptors (Lipinski definition) is 7. The molecule has 0 spiro atoms. The van der Waals surface area contributed by atoms with Crippen LogP contribution in [0.2, 0.25) is 5.02 Å². The lowest BCUT2D eigenvalue weighted by Crippen LogP contribution is -2.25. The topological polar surface area (TPSA) is 115 Å². The van der Waals surface area contributed by atoms with Gasteiger partial charge < -0.3 is 15.1 Å². The molecule has 9 heteroatoms. The molecule has 1 aliphatic rings. The van der Waals surface area contributed by atoms with Crippen LogP contribution in [0.25, 0.3) is 16.7 Å². The van der Waals surface area contributed by atoms with Gasteiger partial charge in [0.25, 0.3) is 5.91 Å². The summed E-state index contributed by atoms with van der Waals surface area (Å²) < 4.78 is 5.25. The fourth-order valence-corrected chi connectivity index (χ4v) is 4.24. The standard InChI is InChI=1S/C14H10ClN3S.C14H10N2O2/c1-8-11(6-16)14(19)12(7-17)13(18-8)9-2-4-10(15)5-3-9;17-14(10-4-2-1-3-5-10)16-13-11-7-9-18-12(11)6-8-15-13/h2-5,14,18-19H,1H3;1-9H,(H,15,16,17). The van der Waals surface area contributed by atoms with Crippen molar-refractivity contribution in [1.82, 2.24) is 10.3 Å². The average molecular weight is 526 g/mol. The zero-order valence-corrected chi connectivity index (χ0v) is 21.2. The van der Waals surface area contributed by atoms with Gasteiger partial charge in [-0.2, -0.15) is 23.2 Å². The molecule has 2 aromatic carbocycles. The van der Waals surface area contributed by atoms with Crippen molar-refractivity contribution in [2.24, 2.45) is 0 Å². The van der Waals surface area contributed by atoms with Gasteiger partial charge in [0.2, 0.25) is 0 Å². The fourth-order valence-electron chi connectivity index (χ4n) is 3.68. The van der Waals surface area contributed by atoms with Crippen molar-refractivity contribution in [3.05, 3.63) is 112 Å². The van der Waals surface area contributed by atoms with Crippen LogP contribution in [0.4, 0.5) is 5.82 Å². The molecule has 1 amide bonds. The third-order valence-corrected chi connectivity index (χ3v) is 6.32. The number of benzene rings is 2. The van der Waals surface area contributed by atoms with Crippen molar-refractivity contribution >= 4 is 52.6 Å². The Morgan fingerprint density at radius 2 is 1.76 bits per heavy atom. The lowest BCUT2D eigenvalue weighted by molar-refractivity contribution is 0.102. The molecule has 0 aliphatic carbocycles. The molecular weight excluding hydrogens is 506 g/mol. The first-order chi connectivity index (χ1) is 17.9. The van der Waals surface area contributed by atoms with Crippen molar-refractivity contribution in [3.63, 3.8) is 0 Å². The highest BCUT2D eigenvalue weighted by Crippen LogP contribution is 2.32. The molecule has 0 fully saturated rings. The van der Waals surface area contributed by atoms with Crippen LogP contribution in [0.1, 0.15) is 22.8 Å². The first-order valence-electron chi connectivity index (χ1n) is 11.1. The number of allylic oxidation sites excluding steroid dienone is 1. The van der Waals surface area contributed by atoms with Gasteiger partial charge in [0.05, 0.1) is 45.9 Å². The number of thiol groups is 1. The third-order valence-electron chi connectivity index (χ3n) is 5.55. The van der Waals surface area contributed by atoms with Crippen LogP contribution in [-0.4, -0.2) is 16.1 Å². The molecule has 0 saturated heterocycles. The number of nitrogens with one attached hydrogen (secondary N) is 2. The van der Waals surface area contributed by atoms with E-state index in [4.69, 9.17) is 21.3 Å². The lowest BCUT2D eigenvalue weighted by Gasteiger charge is -2.24. The summed E-state index contributed by atoms with van der Waals surface area (Å²) in [5.41, 5.74) is 4.44. The highest BCUT2D eigenvalue weighted by atomic mass is 35.5. The van der Waals surface area contributed by atoms with Crippen molar-refractivity contribution < 1.29 is 9.21 Å². The zero-order chi connectivity index (χ0) is 26.4. The molecule has 3 heterocycles. The van der Waals surface area contributed by atoms with Gasteiger partial charge >= 0.3 is 0 Å². The Morgan fingerprint density at radius 1 is 1.05 bits per heavy atom. The van der Waals surface area contributed by atoms with Crippen molar-refractivity contribution in [2.75, 3.05) is 5.32 Å². The number of anilines is 1. The molecule has 0 saturated carbocycles. The van der Waals surface area contributed by atoms with E-state index in [1.165, 1.54) is 0 Å². The normalized spacial score (nSPS) is 14.7. The maximum absolute atomic E-state index is 12.0. The molecule has 0 bridgehead atoms. The van der Waals surface area contributed by atoms with Crippen molar-refractivity contribution in [3.8, 4) is 12.1 Å². The monoisotopic (exact) mass is 525 g/mol. The quantitative estimate of drug-likeness (QED) is 0.268. The number of halogens is 1. The maximum Gasteiger partial charge on any atom is 0.256 e. The van der Waals surface area contributed by atoms with E-state index in [9.17, 15) is 10.1 Å². The lowest BCUT2D eigenvalue weighted by atomic mass is 9.95. The maximum atomic E-state index is 12.0. The van der Waals surface area contributed by atoms with E-state index in [0.717, 1.165) is 10.9 Å². The largest absolute Gasteiger partial charge is 0.464 e. The van der Waals surface area contributed by atoms with Gasteiger partial charge in [0, 0.05) is 22.5 Å². The summed E-state index contributed by atoms with van der Waals surface area (Å²) in [5.74, 6) is 0.326. The highest BCUT2D eigenvalue weighted by Gasteiger charge is 2.27. The molecule has 1 unspecified atom stereocenters. The second-order valence-electron chi connectivity index (χ2n) is 7.90. The van der Waals surface area contributed by atoms with E-state index < -0.39 is 5.25 Å². The number of furan rings is 1. The number of hydrogen-bond donors (Lipinski definition) is 3. The SMILES string of the molecule is CC1=C(C#N)C(S)C(C#N)=C(c2ccc(Cl)cc2)N1.O=C(Nc1nccc2occc12)c1ccccc1. The van der Waals surface area contributed by atoms with Crippen LogP contribution >= 0.6 is 24.2 Å². The van der Waals surface area contributed by atoms with Gasteiger partial charge in [-0.15, -0.1) is 0 Å². The number of nitrogens with zero attached hydrogens (tertiary/aromatic N) is 3. The molecule has 7 nitrogen and oxygen atoms in total. The zero-order valence-electron chi connectivity index (χ0n) is 19.6. The van der Waals surface area contributed by atoms with Crippen molar-refractivity contribution in [1.29, 1.82) is 10.5 Å². The van der Waals surface area contributed by atoms with Crippen molar-refractivity contribution in [2.45, 2.75) is 12.2 Å². The summed E-state index contributed by atoms with van der Waals surface area (Å²) in [6.45, 7) is 1.80. The van der Waals surface area contributed by atoms with Gasteiger partial charge in [0.15, 0.2) is 0 Å². The Balaban J connectivity index is 0.000000173. The molecule has 1 atom stereocenters. The first-order valence-corrected chi connectivity index (χ1v) is 12.0. The highest BCUT2D eigenvalue weighted by molar-refractivity contribution is 7.81. The second-order valence-corrected chi connectivity index (χ2v) is 8.85. The number of amides is 1. The van der Waals surface area contributed by atoms with E-state index >= 15 is 0 Å². The number of nitriles is 2. The number of pyridine rings is 1. The molecular formula is C28H20ClN5O2S. The molecule has 1 aliphatic heterocycles. The number of carbonyl (C=O) groups is 1. The molecule has 37 heavy (non-hydrogen) atoms. The van der Waals surface area contributed by atoms with E-state index in [0.29, 0.717) is 44.5 Å². The number of dihydropyridines is 1. The number of aromatic nitrogens is 1. The van der Waals surface area contributed by atoms with Gasteiger partial charge in [0.1, 0.15) is 11.4 Å². The predicted octanol–water partition coefficient (Wildman–Crippen LogP) is 6.35. The molecule has 5 rings (SSSR count). The smallest absolute Gasteiger partial charge is 0.256 e.